The number of β-amino-alcohol motifs (C(OH)–C–C–N with tert-alkyl or cyclic N) is 1. The second kappa shape index (κ2) is 3.92. The van der Waals surface area contributed by atoms with Gasteiger partial charge in [0.25, 0.3) is 0 Å². The molecule has 0 saturated carbocycles. The lowest BCUT2D eigenvalue weighted by Gasteiger charge is -2.30. The lowest BCUT2D eigenvalue weighted by molar-refractivity contribution is 0.0377. The molecule has 4 heteroatoms. The number of rotatable bonds is 1. The number of hydrogen-bond acceptors (Lipinski definition) is 4. The van der Waals surface area contributed by atoms with Crippen LogP contribution in [0.4, 0.5) is 0 Å². The average Bonchev–Trinajstić information content (AvgIpc) is 2.49. The van der Waals surface area contributed by atoms with Crippen molar-refractivity contribution in [3.8, 4) is 0 Å². The van der Waals surface area contributed by atoms with E-state index in [-0.39, 0.29) is 12.1 Å². The fourth-order valence-electron chi connectivity index (χ4n) is 2.19. The lowest BCUT2D eigenvalue weighted by atomic mass is 10.1. The molecular formula is C9H18N2O2. The number of hydrogen-bond donors (Lipinski definition) is 2. The molecule has 2 unspecified atom stereocenters. The van der Waals surface area contributed by atoms with Crippen molar-refractivity contribution in [3.63, 3.8) is 0 Å². The minimum Gasteiger partial charge on any atom is -0.390 e. The Labute approximate surface area is 78.7 Å². The second-order valence-corrected chi connectivity index (χ2v) is 4.03. The van der Waals surface area contributed by atoms with E-state index in [4.69, 9.17) is 10.5 Å². The monoisotopic (exact) mass is 186 g/mol. The molecule has 2 aliphatic heterocycles. The van der Waals surface area contributed by atoms with Gasteiger partial charge < -0.3 is 15.6 Å². The topological polar surface area (TPSA) is 58.7 Å². The Bertz CT molecular complexity index is 161. The molecule has 0 aromatic rings. The van der Waals surface area contributed by atoms with E-state index >= 15 is 0 Å². The van der Waals surface area contributed by atoms with E-state index in [9.17, 15) is 5.11 Å². The zero-order valence-corrected chi connectivity index (χ0v) is 7.85. The highest BCUT2D eigenvalue weighted by Crippen LogP contribution is 2.19. The molecule has 2 rings (SSSR count). The molecule has 2 aliphatic rings. The van der Waals surface area contributed by atoms with Gasteiger partial charge in [-0.2, -0.15) is 0 Å². The summed E-state index contributed by atoms with van der Waals surface area (Å²) in [5.41, 5.74) is 5.75. The van der Waals surface area contributed by atoms with Crippen molar-refractivity contribution in [3.05, 3.63) is 0 Å². The van der Waals surface area contributed by atoms with Crippen molar-refractivity contribution < 1.29 is 9.84 Å². The van der Waals surface area contributed by atoms with Crippen LogP contribution in [-0.4, -0.2) is 54.5 Å². The predicted molar refractivity (Wildman–Crippen MR) is 49.4 cm³/mol. The molecule has 2 heterocycles. The van der Waals surface area contributed by atoms with E-state index < -0.39 is 0 Å². The fraction of sp³-hybridized carbons (Fsp3) is 1.00. The predicted octanol–water partition coefficient (Wildman–Crippen LogP) is -0.831. The largest absolute Gasteiger partial charge is 0.390 e. The van der Waals surface area contributed by atoms with Crippen LogP contribution in [0.1, 0.15) is 12.8 Å². The minimum atomic E-state index is -0.331. The van der Waals surface area contributed by atoms with Crippen LogP contribution in [0.15, 0.2) is 0 Å². The van der Waals surface area contributed by atoms with Gasteiger partial charge in [-0.05, 0) is 12.8 Å². The summed E-state index contributed by atoms with van der Waals surface area (Å²) in [6.07, 6.45) is 1.83. The Morgan fingerprint density at radius 2 is 1.92 bits per heavy atom. The van der Waals surface area contributed by atoms with Crippen LogP contribution >= 0.6 is 0 Å². The second-order valence-electron chi connectivity index (χ2n) is 4.03. The third-order valence-electron chi connectivity index (χ3n) is 3.07. The zero-order chi connectivity index (χ0) is 9.26. The summed E-state index contributed by atoms with van der Waals surface area (Å²) in [6.45, 7) is 3.29. The summed E-state index contributed by atoms with van der Waals surface area (Å²) in [4.78, 5) is 2.30. The van der Waals surface area contributed by atoms with E-state index in [0.717, 1.165) is 39.1 Å². The van der Waals surface area contributed by atoms with E-state index in [1.165, 1.54) is 0 Å². The molecule has 13 heavy (non-hydrogen) atoms. The Balaban J connectivity index is 1.87. The molecule has 3 N–H and O–H groups in total. The van der Waals surface area contributed by atoms with Crippen LogP contribution in [0, 0.1) is 0 Å². The van der Waals surface area contributed by atoms with E-state index in [2.05, 4.69) is 4.90 Å². The van der Waals surface area contributed by atoms with Crippen LogP contribution in [-0.2, 0) is 4.74 Å². The molecule has 4 nitrogen and oxygen atoms in total. The van der Waals surface area contributed by atoms with E-state index in [1.54, 1.807) is 0 Å². The fourth-order valence-corrected chi connectivity index (χ4v) is 2.19. The van der Waals surface area contributed by atoms with Crippen molar-refractivity contribution in [2.75, 3.05) is 26.3 Å². The number of nitrogens with two attached hydrogens (primary N) is 1. The van der Waals surface area contributed by atoms with Gasteiger partial charge in [0.05, 0.1) is 6.10 Å². The molecule has 2 saturated heterocycles. The maximum absolute atomic E-state index is 9.50. The van der Waals surface area contributed by atoms with Gasteiger partial charge in [-0.15, -0.1) is 0 Å². The normalized spacial score (nSPS) is 38.3. The molecular weight excluding hydrogens is 168 g/mol. The number of ether oxygens (including phenoxy) is 1. The highest BCUT2D eigenvalue weighted by molar-refractivity contribution is 4.90. The van der Waals surface area contributed by atoms with Crippen molar-refractivity contribution in [2.45, 2.75) is 31.0 Å². The first-order chi connectivity index (χ1) is 6.27. The third kappa shape index (κ3) is 2.02. The van der Waals surface area contributed by atoms with Crippen LogP contribution in [0.5, 0.6) is 0 Å². The van der Waals surface area contributed by atoms with Crippen LogP contribution < -0.4 is 5.73 Å². The highest BCUT2D eigenvalue weighted by atomic mass is 16.5. The maximum atomic E-state index is 9.50. The van der Waals surface area contributed by atoms with Gasteiger partial charge in [-0.3, -0.25) is 4.90 Å². The molecule has 0 aromatic carbocycles. The highest BCUT2D eigenvalue weighted by Gasteiger charge is 2.33. The summed E-state index contributed by atoms with van der Waals surface area (Å²) >= 11 is 0. The first kappa shape index (κ1) is 9.40. The van der Waals surface area contributed by atoms with Gasteiger partial charge in [0.2, 0.25) is 0 Å². The molecule has 0 bridgehead atoms. The van der Waals surface area contributed by atoms with Gasteiger partial charge in [-0.25, -0.2) is 0 Å². The number of nitrogens with zero attached hydrogens (tertiary/aromatic N) is 1. The smallest absolute Gasteiger partial charge is 0.0830 e. The van der Waals surface area contributed by atoms with Crippen LogP contribution in [0.3, 0.4) is 0 Å². The van der Waals surface area contributed by atoms with E-state index in [0.29, 0.717) is 6.04 Å². The third-order valence-corrected chi connectivity index (χ3v) is 3.07. The first-order valence-electron chi connectivity index (χ1n) is 5.03. The van der Waals surface area contributed by atoms with Gasteiger partial charge in [0.15, 0.2) is 0 Å². The van der Waals surface area contributed by atoms with Crippen molar-refractivity contribution >= 4 is 0 Å². The lowest BCUT2D eigenvalue weighted by Crippen LogP contribution is -2.39. The average molecular weight is 186 g/mol. The maximum Gasteiger partial charge on any atom is 0.0830 e. The molecule has 0 aromatic heterocycles. The zero-order valence-electron chi connectivity index (χ0n) is 7.85. The number of likely N-dealkylation sites (tertiary alicyclic amines) is 1. The number of aliphatic hydroxyl groups is 1. The molecule has 0 radical (unpaired) electrons. The minimum absolute atomic E-state index is 0.0529. The Kier molecular flexibility index (Phi) is 2.83. The quantitative estimate of drug-likeness (QED) is 0.561. The molecule has 76 valence electrons. The summed E-state index contributed by atoms with van der Waals surface area (Å²) in [5, 5.41) is 9.50. The van der Waals surface area contributed by atoms with Crippen molar-refractivity contribution in [1.29, 1.82) is 0 Å². The summed E-state index contributed by atoms with van der Waals surface area (Å²) in [7, 11) is 0. The molecule has 0 aliphatic carbocycles. The van der Waals surface area contributed by atoms with Crippen molar-refractivity contribution in [2.24, 2.45) is 5.73 Å². The summed E-state index contributed by atoms with van der Waals surface area (Å²) in [5.74, 6) is 0. The summed E-state index contributed by atoms with van der Waals surface area (Å²) in [6, 6.07) is 0.528. The molecule has 2 atom stereocenters. The molecule has 2 fully saturated rings. The summed E-state index contributed by atoms with van der Waals surface area (Å²) < 4.78 is 5.29. The molecule has 0 amide bonds. The van der Waals surface area contributed by atoms with E-state index in [1.807, 2.05) is 0 Å². The number of aliphatic hydroxyl groups excluding tert-OH is 1. The van der Waals surface area contributed by atoms with Gasteiger partial charge in [0, 0.05) is 38.4 Å². The Morgan fingerprint density at radius 1 is 1.23 bits per heavy atom. The van der Waals surface area contributed by atoms with Crippen LogP contribution in [0.2, 0.25) is 0 Å². The standard InChI is InChI=1S/C9H18N2O2/c10-8-5-11(6-9(8)12)7-1-3-13-4-2-7/h7-9,12H,1-6,10H2. The van der Waals surface area contributed by atoms with Crippen molar-refractivity contribution in [1.82, 2.24) is 4.90 Å². The molecule has 0 spiro atoms. The Hall–Kier alpha value is -0.160. The van der Waals surface area contributed by atoms with Crippen LogP contribution in [0.25, 0.3) is 0 Å². The van der Waals surface area contributed by atoms with Gasteiger partial charge in [0.1, 0.15) is 0 Å². The van der Waals surface area contributed by atoms with Gasteiger partial charge in [-0.1, -0.05) is 0 Å². The SMILES string of the molecule is NC1CN(C2CCOCC2)CC1O. The first-order valence-corrected chi connectivity index (χ1v) is 5.03. The Morgan fingerprint density at radius 3 is 2.46 bits per heavy atom. The van der Waals surface area contributed by atoms with Gasteiger partial charge >= 0.3 is 0 Å².